The smallest absolute Gasteiger partial charge is 0.243 e. The zero-order valence-electron chi connectivity index (χ0n) is 14.0. The molecule has 5 nitrogen and oxygen atoms in total. The van der Waals surface area contributed by atoms with Gasteiger partial charge in [-0.25, -0.2) is 0 Å². The standard InChI is InChI=1S/C18H18Cl3N3O2/c1-2-3-17(25)23-12-5-7-14(20)16(9-12)24-18(26)10-22-11-4-6-13(19)15(21)8-11/h4-9,22H,2-3,10H2,1H3,(H,23,25)(H,24,26). The van der Waals surface area contributed by atoms with E-state index in [-0.39, 0.29) is 18.4 Å². The Morgan fingerprint density at radius 1 is 0.846 bits per heavy atom. The summed E-state index contributed by atoms with van der Waals surface area (Å²) >= 11 is 17.9. The molecule has 0 fully saturated rings. The minimum atomic E-state index is -0.296. The van der Waals surface area contributed by atoms with Crippen LogP contribution >= 0.6 is 34.8 Å². The molecule has 0 aliphatic carbocycles. The lowest BCUT2D eigenvalue weighted by molar-refractivity contribution is -0.116. The molecule has 0 aromatic heterocycles. The fourth-order valence-electron chi connectivity index (χ4n) is 2.13. The van der Waals surface area contributed by atoms with Crippen LogP contribution in [0.2, 0.25) is 15.1 Å². The molecule has 0 saturated carbocycles. The molecule has 0 radical (unpaired) electrons. The molecule has 2 amide bonds. The summed E-state index contributed by atoms with van der Waals surface area (Å²) in [4.78, 5) is 23.8. The molecular formula is C18H18Cl3N3O2. The molecule has 3 N–H and O–H groups in total. The van der Waals surface area contributed by atoms with E-state index in [9.17, 15) is 9.59 Å². The Hall–Kier alpha value is -1.95. The maximum absolute atomic E-state index is 12.1. The van der Waals surface area contributed by atoms with Gasteiger partial charge in [0, 0.05) is 17.8 Å². The minimum absolute atomic E-state index is 0.0146. The van der Waals surface area contributed by atoms with Gasteiger partial charge in [0.1, 0.15) is 0 Å². The van der Waals surface area contributed by atoms with Gasteiger partial charge in [-0.1, -0.05) is 41.7 Å². The van der Waals surface area contributed by atoms with Crippen molar-refractivity contribution in [3.05, 3.63) is 51.5 Å². The van der Waals surface area contributed by atoms with Crippen molar-refractivity contribution < 1.29 is 9.59 Å². The van der Waals surface area contributed by atoms with Crippen molar-refractivity contribution in [1.29, 1.82) is 0 Å². The third-order valence-electron chi connectivity index (χ3n) is 3.37. The first-order valence-electron chi connectivity index (χ1n) is 7.97. The second kappa shape index (κ2) is 9.67. The van der Waals surface area contributed by atoms with Crippen LogP contribution in [0.25, 0.3) is 0 Å². The Labute approximate surface area is 167 Å². The highest BCUT2D eigenvalue weighted by Gasteiger charge is 2.09. The molecule has 8 heteroatoms. The van der Waals surface area contributed by atoms with Gasteiger partial charge < -0.3 is 16.0 Å². The van der Waals surface area contributed by atoms with Crippen molar-refractivity contribution in [3.63, 3.8) is 0 Å². The predicted octanol–water partition coefficient (Wildman–Crippen LogP) is 5.44. The van der Waals surface area contributed by atoms with Gasteiger partial charge in [0.15, 0.2) is 0 Å². The summed E-state index contributed by atoms with van der Waals surface area (Å²) in [6.07, 6.45) is 1.18. The highest BCUT2D eigenvalue weighted by Crippen LogP contribution is 2.26. The van der Waals surface area contributed by atoms with Crippen LogP contribution in [0.3, 0.4) is 0 Å². The van der Waals surface area contributed by atoms with Crippen LogP contribution in [0, 0.1) is 0 Å². The van der Waals surface area contributed by atoms with Crippen molar-refractivity contribution in [1.82, 2.24) is 0 Å². The lowest BCUT2D eigenvalue weighted by Gasteiger charge is -2.12. The Morgan fingerprint density at radius 2 is 1.54 bits per heavy atom. The lowest BCUT2D eigenvalue weighted by atomic mass is 10.2. The number of rotatable bonds is 7. The minimum Gasteiger partial charge on any atom is -0.376 e. The first-order chi connectivity index (χ1) is 12.4. The second-order valence-corrected chi connectivity index (χ2v) is 6.75. The lowest BCUT2D eigenvalue weighted by Crippen LogP contribution is -2.22. The van der Waals surface area contributed by atoms with Crippen molar-refractivity contribution in [2.45, 2.75) is 19.8 Å². The van der Waals surface area contributed by atoms with E-state index >= 15 is 0 Å². The highest BCUT2D eigenvalue weighted by molar-refractivity contribution is 6.42. The average Bonchev–Trinajstić information content (AvgIpc) is 2.59. The molecule has 2 aromatic rings. The molecule has 2 aromatic carbocycles. The number of hydrogen-bond acceptors (Lipinski definition) is 3. The van der Waals surface area contributed by atoms with Gasteiger partial charge in [-0.3, -0.25) is 9.59 Å². The van der Waals surface area contributed by atoms with Gasteiger partial charge in [-0.15, -0.1) is 0 Å². The number of nitrogens with one attached hydrogen (secondary N) is 3. The summed E-state index contributed by atoms with van der Waals surface area (Å²) in [7, 11) is 0. The van der Waals surface area contributed by atoms with Gasteiger partial charge in [0.25, 0.3) is 0 Å². The fraction of sp³-hybridized carbons (Fsp3) is 0.222. The SMILES string of the molecule is CCCC(=O)Nc1ccc(Cl)c(NC(=O)CNc2ccc(Cl)c(Cl)c2)c1. The third kappa shape index (κ3) is 6.09. The molecule has 0 spiro atoms. The van der Waals surface area contributed by atoms with E-state index < -0.39 is 0 Å². The summed E-state index contributed by atoms with van der Waals surface area (Å²) in [6.45, 7) is 1.94. The molecular weight excluding hydrogens is 397 g/mol. The number of amides is 2. The summed E-state index contributed by atoms with van der Waals surface area (Å²) in [6, 6.07) is 9.91. The molecule has 0 saturated heterocycles. The zero-order valence-corrected chi connectivity index (χ0v) is 16.3. The molecule has 0 unspecified atom stereocenters. The van der Waals surface area contributed by atoms with Crippen LogP contribution in [0.15, 0.2) is 36.4 Å². The number of anilines is 3. The van der Waals surface area contributed by atoms with Crippen LogP contribution in [0.5, 0.6) is 0 Å². The monoisotopic (exact) mass is 413 g/mol. The van der Waals surface area contributed by atoms with E-state index in [4.69, 9.17) is 34.8 Å². The molecule has 0 aliphatic heterocycles. The zero-order chi connectivity index (χ0) is 19.1. The third-order valence-corrected chi connectivity index (χ3v) is 4.44. The fourth-order valence-corrected chi connectivity index (χ4v) is 2.60. The van der Waals surface area contributed by atoms with Crippen LogP contribution in [-0.4, -0.2) is 18.4 Å². The largest absolute Gasteiger partial charge is 0.376 e. The van der Waals surface area contributed by atoms with E-state index in [1.165, 1.54) is 0 Å². The average molecular weight is 415 g/mol. The quantitative estimate of drug-likeness (QED) is 0.565. The molecule has 0 atom stereocenters. The summed E-state index contributed by atoms with van der Waals surface area (Å²) in [5, 5.41) is 9.63. The van der Waals surface area contributed by atoms with Gasteiger partial charge in [-0.2, -0.15) is 0 Å². The Morgan fingerprint density at radius 3 is 2.23 bits per heavy atom. The van der Waals surface area contributed by atoms with E-state index in [2.05, 4.69) is 16.0 Å². The number of halogens is 3. The number of benzene rings is 2. The molecule has 26 heavy (non-hydrogen) atoms. The van der Waals surface area contributed by atoms with Crippen LogP contribution in [0.4, 0.5) is 17.1 Å². The maximum Gasteiger partial charge on any atom is 0.243 e. The summed E-state index contributed by atoms with van der Waals surface area (Å²) in [5.74, 6) is -0.386. The van der Waals surface area contributed by atoms with Gasteiger partial charge >= 0.3 is 0 Å². The second-order valence-electron chi connectivity index (χ2n) is 5.52. The first kappa shape index (κ1) is 20.4. The molecule has 138 valence electrons. The van der Waals surface area contributed by atoms with Crippen LogP contribution < -0.4 is 16.0 Å². The number of carbonyl (C=O) groups is 2. The Kier molecular flexibility index (Phi) is 7.57. The summed E-state index contributed by atoms with van der Waals surface area (Å²) in [5.41, 5.74) is 1.66. The number of carbonyl (C=O) groups excluding carboxylic acids is 2. The summed E-state index contributed by atoms with van der Waals surface area (Å²) < 4.78 is 0. The van der Waals surface area contributed by atoms with E-state index in [0.717, 1.165) is 6.42 Å². The van der Waals surface area contributed by atoms with Gasteiger partial charge in [0.2, 0.25) is 11.8 Å². The van der Waals surface area contributed by atoms with Crippen molar-refractivity contribution in [2.24, 2.45) is 0 Å². The van der Waals surface area contributed by atoms with E-state index in [0.29, 0.717) is 38.6 Å². The van der Waals surface area contributed by atoms with E-state index in [1.54, 1.807) is 36.4 Å². The van der Waals surface area contributed by atoms with Crippen LogP contribution in [-0.2, 0) is 9.59 Å². The molecule has 0 heterocycles. The topological polar surface area (TPSA) is 70.2 Å². The van der Waals surface area contributed by atoms with Crippen molar-refractivity contribution in [2.75, 3.05) is 22.5 Å². The highest BCUT2D eigenvalue weighted by atomic mass is 35.5. The first-order valence-corrected chi connectivity index (χ1v) is 9.10. The Bertz CT molecular complexity index is 812. The van der Waals surface area contributed by atoms with Crippen LogP contribution in [0.1, 0.15) is 19.8 Å². The van der Waals surface area contributed by atoms with Gasteiger partial charge in [0.05, 0.1) is 27.3 Å². The van der Waals surface area contributed by atoms with Crippen molar-refractivity contribution in [3.8, 4) is 0 Å². The molecule has 2 rings (SSSR count). The predicted molar refractivity (Wildman–Crippen MR) is 109 cm³/mol. The molecule has 0 aliphatic rings. The number of hydrogen-bond donors (Lipinski definition) is 3. The maximum atomic E-state index is 12.1. The normalized spacial score (nSPS) is 10.3. The van der Waals surface area contributed by atoms with Crippen molar-refractivity contribution >= 4 is 63.7 Å². The van der Waals surface area contributed by atoms with Gasteiger partial charge in [-0.05, 0) is 42.8 Å². The molecule has 0 bridgehead atoms. The Balaban J connectivity index is 1.97. The van der Waals surface area contributed by atoms with E-state index in [1.807, 2.05) is 6.92 Å².